The molecule has 0 N–H and O–H groups in total. The Balaban J connectivity index is 0.892. The Morgan fingerprint density at radius 1 is 0.436 bits per heavy atom. The summed E-state index contributed by atoms with van der Waals surface area (Å²) in [6, 6.07) is 65.8. The number of hydrogen-bond acceptors (Lipinski definition) is 2. The van der Waals surface area contributed by atoms with Crippen LogP contribution in [-0.2, 0) is 5.41 Å². The summed E-state index contributed by atoms with van der Waals surface area (Å²) in [4.78, 5) is 2.41. The second-order valence-corrected chi connectivity index (χ2v) is 17.9. The highest BCUT2D eigenvalue weighted by molar-refractivity contribution is 7.25. The van der Waals surface area contributed by atoms with E-state index in [2.05, 4.69) is 181 Å². The Morgan fingerprint density at radius 3 is 1.58 bits per heavy atom. The lowest BCUT2D eigenvalue weighted by Gasteiger charge is -2.57. The lowest BCUT2D eigenvalue weighted by atomic mass is 9.48. The first-order valence-electron chi connectivity index (χ1n) is 20.3. The van der Waals surface area contributed by atoms with Gasteiger partial charge in [0.25, 0.3) is 0 Å². The molecule has 4 aliphatic carbocycles. The first kappa shape index (κ1) is 32.9. The van der Waals surface area contributed by atoms with E-state index in [1.54, 1.807) is 5.56 Å². The zero-order valence-corrected chi connectivity index (χ0v) is 32.0. The van der Waals surface area contributed by atoms with Gasteiger partial charge in [0.1, 0.15) is 0 Å². The van der Waals surface area contributed by atoms with E-state index in [1.807, 2.05) is 11.3 Å². The average Bonchev–Trinajstić information content (AvgIpc) is 3.60. The van der Waals surface area contributed by atoms with Crippen LogP contribution in [0.5, 0.6) is 0 Å². The first-order valence-corrected chi connectivity index (χ1v) is 21.1. The van der Waals surface area contributed by atoms with E-state index >= 15 is 0 Å². The molecule has 55 heavy (non-hydrogen) atoms. The molecule has 4 fully saturated rings. The van der Waals surface area contributed by atoms with Gasteiger partial charge in [-0.1, -0.05) is 127 Å². The van der Waals surface area contributed by atoms with Gasteiger partial charge in [-0.25, -0.2) is 0 Å². The molecule has 1 heterocycles. The predicted octanol–water partition coefficient (Wildman–Crippen LogP) is 14.8. The number of para-hydroxylation sites is 1. The topological polar surface area (TPSA) is 3.24 Å². The van der Waals surface area contributed by atoms with E-state index in [4.69, 9.17) is 0 Å². The molecular formula is C53H45NS. The zero-order valence-electron chi connectivity index (χ0n) is 31.2. The minimum Gasteiger partial charge on any atom is -0.311 e. The lowest BCUT2D eigenvalue weighted by Crippen LogP contribution is -2.48. The summed E-state index contributed by atoms with van der Waals surface area (Å²) in [5.74, 6) is 3.01. The first-order chi connectivity index (χ1) is 27.2. The molecule has 0 saturated heterocycles. The standard InChI is InChI=1S/C53H45NS/c1-3-9-41(10-4-1)52(43-21-28-49-48-13-7-8-14-50(48)55-51(49)32-43)42-17-15-39(16-18-42)40-19-24-46(25-20-40)54(45-11-5-2-6-12-45)47-26-22-44(23-27-47)53-33-36-29-37(34-53)31-38(30-36)35-53/h1-28,32,36-38,52H,29-31,33-35H2. The number of rotatable bonds is 8. The predicted molar refractivity (Wildman–Crippen MR) is 233 cm³/mol. The highest BCUT2D eigenvalue weighted by atomic mass is 32.1. The number of nitrogens with zero attached hydrogens (tertiary/aromatic N) is 1. The molecule has 2 heteroatoms. The SMILES string of the molecule is c1ccc(C(c2ccc(-c3ccc(N(c4ccccc4)c4ccc(C56CC7CC(CC(C7)C5)C6)cc4)cc3)cc2)c2ccc3c(c2)sc2ccccc23)cc1. The van der Waals surface area contributed by atoms with Crippen LogP contribution in [0, 0.1) is 17.8 Å². The van der Waals surface area contributed by atoms with Crippen molar-refractivity contribution in [1.82, 2.24) is 0 Å². The number of benzene rings is 7. The summed E-state index contributed by atoms with van der Waals surface area (Å²) in [6.07, 6.45) is 8.66. The van der Waals surface area contributed by atoms with Gasteiger partial charge >= 0.3 is 0 Å². The Labute approximate surface area is 328 Å². The third-order valence-corrected chi connectivity index (χ3v) is 14.5. The average molecular weight is 728 g/mol. The van der Waals surface area contributed by atoms with Crippen LogP contribution in [-0.4, -0.2) is 0 Å². The molecule has 4 aliphatic rings. The highest BCUT2D eigenvalue weighted by Gasteiger charge is 2.51. The van der Waals surface area contributed by atoms with Gasteiger partial charge in [0, 0.05) is 43.2 Å². The van der Waals surface area contributed by atoms with Gasteiger partial charge in [-0.05, 0) is 144 Å². The van der Waals surface area contributed by atoms with E-state index in [9.17, 15) is 0 Å². The highest BCUT2D eigenvalue weighted by Crippen LogP contribution is 2.61. The fraction of sp³-hybridized carbons (Fsp3) is 0.208. The molecule has 0 amide bonds. The van der Waals surface area contributed by atoms with Crippen LogP contribution >= 0.6 is 11.3 Å². The molecule has 268 valence electrons. The van der Waals surface area contributed by atoms with Crippen LogP contribution in [0.15, 0.2) is 176 Å². The summed E-state index contributed by atoms with van der Waals surface area (Å²) >= 11 is 1.89. The molecule has 12 rings (SSSR count). The molecule has 8 aromatic rings. The second kappa shape index (κ2) is 13.4. The second-order valence-electron chi connectivity index (χ2n) is 16.8. The van der Waals surface area contributed by atoms with Crippen LogP contribution in [0.1, 0.15) is 66.7 Å². The summed E-state index contributed by atoms with van der Waals surface area (Å²) in [5, 5.41) is 2.69. The summed E-state index contributed by atoms with van der Waals surface area (Å²) in [5.41, 5.74) is 12.0. The third kappa shape index (κ3) is 5.90. The van der Waals surface area contributed by atoms with Crippen molar-refractivity contribution in [3.05, 3.63) is 198 Å². The Kier molecular flexibility index (Phi) is 8.02. The maximum absolute atomic E-state index is 2.47. The smallest absolute Gasteiger partial charge is 0.0462 e. The molecule has 1 unspecified atom stereocenters. The van der Waals surface area contributed by atoms with E-state index in [1.165, 1.54) is 104 Å². The molecule has 0 spiro atoms. The quantitative estimate of drug-likeness (QED) is 0.141. The molecule has 0 aliphatic heterocycles. The monoisotopic (exact) mass is 727 g/mol. The van der Waals surface area contributed by atoms with Gasteiger partial charge in [0.2, 0.25) is 0 Å². The van der Waals surface area contributed by atoms with Gasteiger partial charge in [-0.15, -0.1) is 11.3 Å². The van der Waals surface area contributed by atoms with E-state index in [-0.39, 0.29) is 5.92 Å². The van der Waals surface area contributed by atoms with Gasteiger partial charge in [-0.2, -0.15) is 0 Å². The Morgan fingerprint density at radius 2 is 0.927 bits per heavy atom. The molecule has 1 nitrogen and oxygen atoms in total. The molecule has 1 aromatic heterocycles. The largest absolute Gasteiger partial charge is 0.311 e. The molecule has 0 radical (unpaired) electrons. The Bertz CT molecular complexity index is 2570. The molecule has 7 aromatic carbocycles. The number of anilines is 3. The van der Waals surface area contributed by atoms with Crippen molar-refractivity contribution in [1.29, 1.82) is 0 Å². The summed E-state index contributed by atoms with van der Waals surface area (Å²) < 4.78 is 2.69. The normalized spacial score (nSPS) is 21.9. The fourth-order valence-electron chi connectivity index (χ4n) is 11.3. The van der Waals surface area contributed by atoms with Crippen molar-refractivity contribution in [3.8, 4) is 11.1 Å². The number of fused-ring (bicyclic) bond motifs is 3. The van der Waals surface area contributed by atoms with Crippen LogP contribution in [0.2, 0.25) is 0 Å². The minimum atomic E-state index is 0.154. The summed E-state index contributed by atoms with van der Waals surface area (Å²) in [7, 11) is 0. The van der Waals surface area contributed by atoms with Crippen molar-refractivity contribution in [2.45, 2.75) is 49.9 Å². The zero-order chi connectivity index (χ0) is 36.3. The van der Waals surface area contributed by atoms with Crippen LogP contribution in [0.3, 0.4) is 0 Å². The lowest BCUT2D eigenvalue weighted by molar-refractivity contribution is -0.00518. The molecule has 1 atom stereocenters. The van der Waals surface area contributed by atoms with Crippen LogP contribution in [0.25, 0.3) is 31.3 Å². The van der Waals surface area contributed by atoms with E-state index in [0.717, 1.165) is 17.8 Å². The molecular weight excluding hydrogens is 683 g/mol. The van der Waals surface area contributed by atoms with Crippen molar-refractivity contribution >= 4 is 48.6 Å². The minimum absolute atomic E-state index is 0.154. The van der Waals surface area contributed by atoms with Crippen molar-refractivity contribution < 1.29 is 0 Å². The maximum atomic E-state index is 2.47. The number of hydrogen-bond donors (Lipinski definition) is 0. The summed E-state index contributed by atoms with van der Waals surface area (Å²) in [6.45, 7) is 0. The van der Waals surface area contributed by atoms with Crippen LogP contribution in [0.4, 0.5) is 17.1 Å². The fourth-order valence-corrected chi connectivity index (χ4v) is 12.4. The van der Waals surface area contributed by atoms with Crippen molar-refractivity contribution in [2.75, 3.05) is 4.90 Å². The van der Waals surface area contributed by atoms with Crippen LogP contribution < -0.4 is 4.90 Å². The van der Waals surface area contributed by atoms with Crippen molar-refractivity contribution in [3.63, 3.8) is 0 Å². The van der Waals surface area contributed by atoms with Gasteiger partial charge in [0.05, 0.1) is 0 Å². The molecule has 4 saturated carbocycles. The number of thiophene rings is 1. The third-order valence-electron chi connectivity index (χ3n) is 13.4. The van der Waals surface area contributed by atoms with Gasteiger partial charge < -0.3 is 4.90 Å². The molecule has 4 bridgehead atoms. The van der Waals surface area contributed by atoms with E-state index in [0.29, 0.717) is 5.41 Å². The van der Waals surface area contributed by atoms with Crippen molar-refractivity contribution in [2.24, 2.45) is 17.8 Å². The van der Waals surface area contributed by atoms with E-state index < -0.39 is 0 Å². The Hall–Kier alpha value is -5.44. The van der Waals surface area contributed by atoms with Gasteiger partial charge in [-0.3, -0.25) is 0 Å². The van der Waals surface area contributed by atoms with Gasteiger partial charge in [0.15, 0.2) is 0 Å². The maximum Gasteiger partial charge on any atom is 0.0462 e.